The van der Waals surface area contributed by atoms with Crippen LogP contribution < -0.4 is 5.73 Å². The Morgan fingerprint density at radius 3 is 2.87 bits per heavy atom. The highest BCUT2D eigenvalue weighted by atomic mass is 79.9. The number of hydrogen-bond acceptors (Lipinski definition) is 2. The van der Waals surface area contributed by atoms with Crippen molar-refractivity contribution < 1.29 is 13.9 Å². The zero-order valence-corrected chi connectivity index (χ0v) is 9.59. The first kappa shape index (κ1) is 12.0. The van der Waals surface area contributed by atoms with E-state index in [9.17, 15) is 9.18 Å². The molecule has 0 atom stereocenters. The summed E-state index contributed by atoms with van der Waals surface area (Å²) in [6.45, 7) is 0.277. The van der Waals surface area contributed by atoms with Gasteiger partial charge in [-0.05, 0) is 30.5 Å². The molecule has 1 aromatic carbocycles. The molecule has 2 N–H and O–H groups in total. The monoisotopic (exact) mass is 275 g/mol. The highest BCUT2D eigenvalue weighted by molar-refractivity contribution is 9.10. The molecule has 82 valence electrons. The van der Waals surface area contributed by atoms with Gasteiger partial charge in [-0.1, -0.05) is 22.0 Å². The number of carbonyl (C=O) groups excluding carboxylic acids is 1. The number of hydrogen-bond donors (Lipinski definition) is 1. The van der Waals surface area contributed by atoms with Crippen molar-refractivity contribution in [2.75, 3.05) is 6.61 Å². The van der Waals surface area contributed by atoms with Gasteiger partial charge < -0.3 is 10.5 Å². The largest absolute Gasteiger partial charge is 0.450 e. The van der Waals surface area contributed by atoms with Crippen molar-refractivity contribution in [1.82, 2.24) is 0 Å². The lowest BCUT2D eigenvalue weighted by Crippen LogP contribution is -2.14. The number of rotatable bonds is 4. The van der Waals surface area contributed by atoms with Crippen LogP contribution in [-0.2, 0) is 11.2 Å². The normalized spacial score (nSPS) is 10.0. The fourth-order valence-electron chi connectivity index (χ4n) is 1.16. The quantitative estimate of drug-likeness (QED) is 0.859. The fourth-order valence-corrected chi connectivity index (χ4v) is 1.71. The Hall–Kier alpha value is -1.10. The van der Waals surface area contributed by atoms with Crippen molar-refractivity contribution in [3.8, 4) is 0 Å². The Labute approximate surface area is 95.5 Å². The van der Waals surface area contributed by atoms with E-state index in [0.717, 1.165) is 10.0 Å². The maximum atomic E-state index is 12.7. The molecule has 0 aliphatic rings. The van der Waals surface area contributed by atoms with E-state index in [-0.39, 0.29) is 12.4 Å². The molecule has 0 aromatic heterocycles. The third kappa shape index (κ3) is 4.29. The lowest BCUT2D eigenvalue weighted by molar-refractivity contribution is 0.155. The second kappa shape index (κ2) is 5.70. The summed E-state index contributed by atoms with van der Waals surface area (Å²) in [5, 5.41) is 0. The summed E-state index contributed by atoms with van der Waals surface area (Å²) < 4.78 is 18.0. The molecule has 0 spiro atoms. The second-order valence-corrected chi connectivity index (χ2v) is 3.86. The van der Waals surface area contributed by atoms with E-state index in [1.807, 2.05) is 0 Å². The molecule has 0 radical (unpaired) electrons. The maximum Gasteiger partial charge on any atom is 0.404 e. The van der Waals surface area contributed by atoms with Crippen LogP contribution in [0.25, 0.3) is 0 Å². The van der Waals surface area contributed by atoms with Gasteiger partial charge in [0.1, 0.15) is 5.82 Å². The van der Waals surface area contributed by atoms with Crippen LogP contribution in [-0.4, -0.2) is 12.7 Å². The number of carbonyl (C=O) groups is 1. The minimum atomic E-state index is -0.770. The van der Waals surface area contributed by atoms with Gasteiger partial charge in [0.2, 0.25) is 0 Å². The Morgan fingerprint density at radius 1 is 1.53 bits per heavy atom. The number of nitrogens with two attached hydrogens (primary N) is 1. The third-order valence-electron chi connectivity index (χ3n) is 1.85. The van der Waals surface area contributed by atoms with Gasteiger partial charge in [-0.3, -0.25) is 0 Å². The molecule has 15 heavy (non-hydrogen) atoms. The molecule has 1 amide bonds. The Morgan fingerprint density at radius 2 is 2.27 bits per heavy atom. The summed E-state index contributed by atoms with van der Waals surface area (Å²) in [5.41, 5.74) is 5.78. The van der Waals surface area contributed by atoms with E-state index < -0.39 is 6.09 Å². The van der Waals surface area contributed by atoms with E-state index in [4.69, 9.17) is 5.73 Å². The first-order chi connectivity index (χ1) is 7.09. The van der Waals surface area contributed by atoms with Gasteiger partial charge in [-0.15, -0.1) is 0 Å². The summed E-state index contributed by atoms with van der Waals surface area (Å²) >= 11 is 3.26. The van der Waals surface area contributed by atoms with Gasteiger partial charge in [0.15, 0.2) is 0 Å². The second-order valence-electron chi connectivity index (χ2n) is 3.01. The molecule has 5 heteroatoms. The summed E-state index contributed by atoms with van der Waals surface area (Å²) in [5.74, 6) is -0.279. The first-order valence-corrected chi connectivity index (χ1v) is 5.25. The molecule has 0 aliphatic carbocycles. The van der Waals surface area contributed by atoms with Gasteiger partial charge in [0, 0.05) is 4.47 Å². The lowest BCUT2D eigenvalue weighted by Gasteiger charge is -2.04. The Balaban J connectivity index is 2.40. The van der Waals surface area contributed by atoms with E-state index in [0.29, 0.717) is 12.8 Å². The van der Waals surface area contributed by atoms with Crippen molar-refractivity contribution in [3.63, 3.8) is 0 Å². The molecule has 1 rings (SSSR count). The van der Waals surface area contributed by atoms with Crippen LogP contribution in [0.3, 0.4) is 0 Å². The molecule has 0 unspecified atom stereocenters. The van der Waals surface area contributed by atoms with Crippen molar-refractivity contribution in [3.05, 3.63) is 34.1 Å². The number of primary amides is 1. The number of amides is 1. The van der Waals surface area contributed by atoms with Crippen molar-refractivity contribution in [2.45, 2.75) is 12.8 Å². The highest BCUT2D eigenvalue weighted by Crippen LogP contribution is 2.19. The third-order valence-corrected chi connectivity index (χ3v) is 2.59. The molecule has 0 aliphatic heterocycles. The van der Waals surface area contributed by atoms with Crippen LogP contribution in [0.1, 0.15) is 12.0 Å². The Bertz CT molecular complexity index is 357. The van der Waals surface area contributed by atoms with Crippen LogP contribution in [0.5, 0.6) is 0 Å². The van der Waals surface area contributed by atoms with Crippen molar-refractivity contribution >= 4 is 22.0 Å². The van der Waals surface area contributed by atoms with Crippen LogP contribution in [0.2, 0.25) is 0 Å². The van der Waals surface area contributed by atoms with Gasteiger partial charge in [0.05, 0.1) is 6.61 Å². The zero-order chi connectivity index (χ0) is 11.3. The molecular weight excluding hydrogens is 265 g/mol. The van der Waals surface area contributed by atoms with E-state index in [1.165, 1.54) is 12.1 Å². The van der Waals surface area contributed by atoms with Gasteiger partial charge in [-0.25, -0.2) is 9.18 Å². The molecule has 0 heterocycles. The van der Waals surface area contributed by atoms with Crippen LogP contribution in [0.15, 0.2) is 22.7 Å². The molecule has 3 nitrogen and oxygen atoms in total. The maximum absolute atomic E-state index is 12.7. The predicted molar refractivity (Wildman–Crippen MR) is 58.0 cm³/mol. The molecule has 0 fully saturated rings. The Kier molecular flexibility index (Phi) is 4.55. The summed E-state index contributed by atoms with van der Waals surface area (Å²) in [4.78, 5) is 10.3. The molecule has 0 saturated carbocycles. The average Bonchev–Trinajstić information content (AvgIpc) is 2.14. The van der Waals surface area contributed by atoms with Crippen LogP contribution in [0.4, 0.5) is 9.18 Å². The minimum Gasteiger partial charge on any atom is -0.450 e. The van der Waals surface area contributed by atoms with Crippen molar-refractivity contribution in [1.29, 1.82) is 0 Å². The van der Waals surface area contributed by atoms with Gasteiger partial charge in [0.25, 0.3) is 0 Å². The highest BCUT2D eigenvalue weighted by Gasteiger charge is 2.02. The number of benzene rings is 1. The minimum absolute atomic E-state index is 0.277. The van der Waals surface area contributed by atoms with Crippen LogP contribution >= 0.6 is 15.9 Å². The molecule has 0 bridgehead atoms. The molecular formula is C10H11BrFNO2. The van der Waals surface area contributed by atoms with E-state index in [2.05, 4.69) is 20.7 Å². The topological polar surface area (TPSA) is 52.3 Å². The number of ether oxygens (including phenoxy) is 1. The smallest absolute Gasteiger partial charge is 0.404 e. The average molecular weight is 276 g/mol. The standard InChI is InChI=1S/C10H11BrFNO2/c11-9-6-8(12)4-3-7(9)2-1-5-15-10(13)14/h3-4,6H,1-2,5H2,(H2,13,14). The molecule has 0 saturated heterocycles. The summed E-state index contributed by atoms with van der Waals surface area (Å²) in [7, 11) is 0. The molecule has 1 aromatic rings. The van der Waals surface area contributed by atoms with Crippen molar-refractivity contribution in [2.24, 2.45) is 5.73 Å². The fraction of sp³-hybridized carbons (Fsp3) is 0.300. The van der Waals surface area contributed by atoms with E-state index >= 15 is 0 Å². The number of halogens is 2. The van der Waals surface area contributed by atoms with E-state index in [1.54, 1.807) is 6.07 Å². The lowest BCUT2D eigenvalue weighted by atomic mass is 10.1. The SMILES string of the molecule is NC(=O)OCCCc1ccc(F)cc1Br. The van der Waals surface area contributed by atoms with Gasteiger partial charge >= 0.3 is 6.09 Å². The number of aryl methyl sites for hydroxylation is 1. The summed E-state index contributed by atoms with van der Waals surface area (Å²) in [6, 6.07) is 4.50. The predicted octanol–water partition coefficient (Wildman–Crippen LogP) is 2.62. The zero-order valence-electron chi connectivity index (χ0n) is 8.00. The first-order valence-electron chi connectivity index (χ1n) is 4.46. The summed E-state index contributed by atoms with van der Waals surface area (Å²) in [6.07, 6.45) is 0.592. The van der Waals surface area contributed by atoms with Gasteiger partial charge in [-0.2, -0.15) is 0 Å². The van der Waals surface area contributed by atoms with Crippen LogP contribution in [0, 0.1) is 5.82 Å².